The molecule has 0 amide bonds. The molecule has 0 spiro atoms. The molecule has 2 aromatic rings. The second kappa shape index (κ2) is 7.43. The van der Waals surface area contributed by atoms with Crippen LogP contribution in [0.2, 0.25) is 0 Å². The van der Waals surface area contributed by atoms with Crippen LogP contribution >= 0.6 is 15.9 Å². The molecule has 1 N–H and O–H groups in total. The van der Waals surface area contributed by atoms with Gasteiger partial charge in [0.2, 0.25) is 0 Å². The summed E-state index contributed by atoms with van der Waals surface area (Å²) < 4.78 is 7.13. The van der Waals surface area contributed by atoms with Crippen molar-refractivity contribution in [1.82, 2.24) is 5.32 Å². The average molecular weight is 320 g/mol. The van der Waals surface area contributed by atoms with Gasteiger partial charge in [0.15, 0.2) is 0 Å². The quantitative estimate of drug-likeness (QED) is 0.871. The van der Waals surface area contributed by atoms with Crippen molar-refractivity contribution >= 4 is 15.9 Å². The van der Waals surface area contributed by atoms with Crippen molar-refractivity contribution in [3.63, 3.8) is 0 Å². The maximum atomic E-state index is 6.04. The summed E-state index contributed by atoms with van der Waals surface area (Å²) in [5.74, 6) is 0. The SMILES string of the molecule is CNCC(OCc1ccccc1)c1ccccc1Br. The molecular weight excluding hydrogens is 302 g/mol. The Labute approximate surface area is 122 Å². The highest BCUT2D eigenvalue weighted by molar-refractivity contribution is 9.10. The highest BCUT2D eigenvalue weighted by Crippen LogP contribution is 2.26. The van der Waals surface area contributed by atoms with Gasteiger partial charge in [-0.3, -0.25) is 0 Å². The summed E-state index contributed by atoms with van der Waals surface area (Å²) in [5, 5.41) is 3.18. The van der Waals surface area contributed by atoms with Crippen LogP contribution in [0.5, 0.6) is 0 Å². The topological polar surface area (TPSA) is 21.3 Å². The minimum atomic E-state index is 0.0424. The number of benzene rings is 2. The van der Waals surface area contributed by atoms with Gasteiger partial charge >= 0.3 is 0 Å². The first-order valence-corrected chi connectivity index (χ1v) is 7.15. The van der Waals surface area contributed by atoms with Crippen molar-refractivity contribution in [2.45, 2.75) is 12.7 Å². The third kappa shape index (κ3) is 4.16. The minimum absolute atomic E-state index is 0.0424. The van der Waals surface area contributed by atoms with Gasteiger partial charge in [-0.15, -0.1) is 0 Å². The van der Waals surface area contributed by atoms with Crippen LogP contribution in [0.3, 0.4) is 0 Å². The third-order valence-electron chi connectivity index (χ3n) is 2.94. The van der Waals surface area contributed by atoms with Gasteiger partial charge in [-0.25, -0.2) is 0 Å². The number of hydrogen-bond acceptors (Lipinski definition) is 2. The van der Waals surface area contributed by atoms with E-state index in [0.29, 0.717) is 6.61 Å². The molecule has 0 fully saturated rings. The van der Waals surface area contributed by atoms with E-state index in [1.165, 1.54) is 11.1 Å². The molecule has 19 heavy (non-hydrogen) atoms. The summed E-state index contributed by atoms with van der Waals surface area (Å²) in [5.41, 5.74) is 2.36. The fourth-order valence-electron chi connectivity index (χ4n) is 1.95. The fraction of sp³-hybridized carbons (Fsp3) is 0.250. The van der Waals surface area contributed by atoms with Crippen LogP contribution in [0, 0.1) is 0 Å². The van der Waals surface area contributed by atoms with Gasteiger partial charge < -0.3 is 10.1 Å². The standard InChI is InChI=1S/C16H18BrNO/c1-18-11-16(14-9-5-6-10-15(14)17)19-12-13-7-3-2-4-8-13/h2-10,16,18H,11-12H2,1H3. The number of halogens is 1. The first kappa shape index (κ1) is 14.3. The summed E-state index contributed by atoms with van der Waals surface area (Å²) in [7, 11) is 1.94. The molecule has 0 radical (unpaired) electrons. The molecule has 2 aromatic carbocycles. The highest BCUT2D eigenvalue weighted by Gasteiger charge is 2.14. The van der Waals surface area contributed by atoms with Gasteiger partial charge in [0.05, 0.1) is 12.7 Å². The molecule has 3 heteroatoms. The Morgan fingerprint density at radius 3 is 2.42 bits per heavy atom. The molecule has 0 aromatic heterocycles. The molecule has 100 valence electrons. The summed E-state index contributed by atoms with van der Waals surface area (Å²) in [6.45, 7) is 1.41. The monoisotopic (exact) mass is 319 g/mol. The molecule has 0 saturated heterocycles. The molecule has 0 bridgehead atoms. The van der Waals surface area contributed by atoms with Crippen molar-refractivity contribution in [1.29, 1.82) is 0 Å². The van der Waals surface area contributed by atoms with E-state index in [0.717, 1.165) is 11.0 Å². The first-order valence-electron chi connectivity index (χ1n) is 6.36. The van der Waals surface area contributed by atoms with Crippen LogP contribution in [-0.4, -0.2) is 13.6 Å². The predicted molar refractivity (Wildman–Crippen MR) is 82.0 cm³/mol. The first-order chi connectivity index (χ1) is 9.31. The largest absolute Gasteiger partial charge is 0.367 e. The van der Waals surface area contributed by atoms with Crippen LogP contribution in [0.25, 0.3) is 0 Å². The van der Waals surface area contributed by atoms with E-state index in [2.05, 4.69) is 39.4 Å². The number of ether oxygens (including phenoxy) is 1. The zero-order valence-electron chi connectivity index (χ0n) is 11.0. The van der Waals surface area contributed by atoms with Gasteiger partial charge in [0.1, 0.15) is 0 Å². The van der Waals surface area contributed by atoms with E-state index >= 15 is 0 Å². The Balaban J connectivity index is 2.07. The lowest BCUT2D eigenvalue weighted by molar-refractivity contribution is 0.0406. The van der Waals surface area contributed by atoms with E-state index in [9.17, 15) is 0 Å². The second-order valence-electron chi connectivity index (χ2n) is 4.36. The van der Waals surface area contributed by atoms with Gasteiger partial charge in [0.25, 0.3) is 0 Å². The second-order valence-corrected chi connectivity index (χ2v) is 5.22. The maximum absolute atomic E-state index is 6.04. The lowest BCUT2D eigenvalue weighted by atomic mass is 10.1. The third-order valence-corrected chi connectivity index (χ3v) is 3.66. The Morgan fingerprint density at radius 1 is 1.05 bits per heavy atom. The molecule has 0 saturated carbocycles. The number of rotatable bonds is 6. The molecule has 1 atom stereocenters. The molecule has 0 aliphatic carbocycles. The van der Waals surface area contributed by atoms with E-state index in [1.807, 2.05) is 43.4 Å². The average Bonchev–Trinajstić information content (AvgIpc) is 2.45. The zero-order chi connectivity index (χ0) is 13.5. The Morgan fingerprint density at radius 2 is 1.74 bits per heavy atom. The van der Waals surface area contributed by atoms with Crippen LogP contribution in [0.15, 0.2) is 59.1 Å². The molecule has 2 rings (SSSR count). The molecular formula is C16H18BrNO. The fourth-order valence-corrected chi connectivity index (χ4v) is 2.49. The van der Waals surface area contributed by atoms with Crippen LogP contribution < -0.4 is 5.32 Å². The number of likely N-dealkylation sites (N-methyl/N-ethyl adjacent to an activating group) is 1. The van der Waals surface area contributed by atoms with Gasteiger partial charge in [0, 0.05) is 11.0 Å². The molecule has 0 aliphatic heterocycles. The summed E-state index contributed by atoms with van der Waals surface area (Å²) >= 11 is 3.59. The lowest BCUT2D eigenvalue weighted by Gasteiger charge is -2.19. The molecule has 1 unspecified atom stereocenters. The molecule has 2 nitrogen and oxygen atoms in total. The summed E-state index contributed by atoms with van der Waals surface area (Å²) in [4.78, 5) is 0. The number of nitrogens with one attached hydrogen (secondary N) is 1. The van der Waals surface area contributed by atoms with E-state index in [1.54, 1.807) is 0 Å². The Kier molecular flexibility index (Phi) is 5.58. The Hall–Kier alpha value is -1.16. The zero-order valence-corrected chi connectivity index (χ0v) is 12.6. The van der Waals surface area contributed by atoms with Gasteiger partial charge in [-0.2, -0.15) is 0 Å². The normalized spacial score (nSPS) is 12.3. The van der Waals surface area contributed by atoms with E-state index < -0.39 is 0 Å². The van der Waals surface area contributed by atoms with Crippen LogP contribution in [-0.2, 0) is 11.3 Å². The molecule has 0 heterocycles. The smallest absolute Gasteiger partial charge is 0.0964 e. The minimum Gasteiger partial charge on any atom is -0.367 e. The molecule has 0 aliphatic rings. The number of hydrogen-bond donors (Lipinski definition) is 1. The van der Waals surface area contributed by atoms with Crippen molar-refractivity contribution < 1.29 is 4.74 Å². The van der Waals surface area contributed by atoms with Crippen molar-refractivity contribution in [3.05, 3.63) is 70.2 Å². The Bertz CT molecular complexity index is 501. The lowest BCUT2D eigenvalue weighted by Crippen LogP contribution is -2.20. The van der Waals surface area contributed by atoms with E-state index in [4.69, 9.17) is 4.74 Å². The van der Waals surface area contributed by atoms with Gasteiger partial charge in [-0.1, -0.05) is 64.5 Å². The van der Waals surface area contributed by atoms with Crippen molar-refractivity contribution in [2.24, 2.45) is 0 Å². The summed E-state index contributed by atoms with van der Waals surface area (Å²) in [6, 6.07) is 18.4. The highest BCUT2D eigenvalue weighted by atomic mass is 79.9. The van der Waals surface area contributed by atoms with Gasteiger partial charge in [-0.05, 0) is 24.2 Å². The summed E-state index contributed by atoms with van der Waals surface area (Å²) in [6.07, 6.45) is 0.0424. The van der Waals surface area contributed by atoms with E-state index in [-0.39, 0.29) is 6.10 Å². The van der Waals surface area contributed by atoms with Crippen molar-refractivity contribution in [2.75, 3.05) is 13.6 Å². The van der Waals surface area contributed by atoms with Crippen molar-refractivity contribution in [3.8, 4) is 0 Å². The van der Waals surface area contributed by atoms with Crippen LogP contribution in [0.4, 0.5) is 0 Å². The maximum Gasteiger partial charge on any atom is 0.0964 e. The predicted octanol–water partition coefficient (Wildman–Crippen LogP) is 3.93. The van der Waals surface area contributed by atoms with Crippen LogP contribution in [0.1, 0.15) is 17.2 Å².